The molecule has 0 aromatic carbocycles. The van der Waals surface area contributed by atoms with Crippen molar-refractivity contribution in [1.29, 1.82) is 0 Å². The SMILES string of the molecule is CC[C@H]1C(=O)N[C@@]2(C)C(OC)O[C@@]12C. The molecule has 4 nitrogen and oxygen atoms in total. The van der Waals surface area contributed by atoms with Crippen LogP contribution in [0.25, 0.3) is 0 Å². The summed E-state index contributed by atoms with van der Waals surface area (Å²) in [6.07, 6.45) is 0.488. The molecule has 0 saturated carbocycles. The minimum absolute atomic E-state index is 0.0566. The predicted molar refractivity (Wildman–Crippen MR) is 50.6 cm³/mol. The van der Waals surface area contributed by atoms with Crippen LogP contribution in [-0.2, 0) is 14.3 Å². The topological polar surface area (TPSA) is 47.6 Å². The van der Waals surface area contributed by atoms with E-state index in [0.717, 1.165) is 6.42 Å². The number of hydrogen-bond donors (Lipinski definition) is 1. The molecule has 0 spiro atoms. The molecule has 0 aromatic rings. The van der Waals surface area contributed by atoms with Crippen molar-refractivity contribution in [1.82, 2.24) is 5.32 Å². The molecule has 2 aliphatic heterocycles. The third-order valence-electron chi connectivity index (χ3n) is 3.84. The lowest BCUT2D eigenvalue weighted by Gasteiger charge is -2.56. The molecule has 80 valence electrons. The second kappa shape index (κ2) is 2.70. The van der Waals surface area contributed by atoms with E-state index in [0.29, 0.717) is 0 Å². The van der Waals surface area contributed by atoms with Crippen molar-refractivity contribution in [3.63, 3.8) is 0 Å². The van der Waals surface area contributed by atoms with Gasteiger partial charge in [-0.3, -0.25) is 4.79 Å². The number of rotatable bonds is 2. The van der Waals surface area contributed by atoms with Gasteiger partial charge in [-0.15, -0.1) is 0 Å². The third-order valence-corrected chi connectivity index (χ3v) is 3.84. The Morgan fingerprint density at radius 1 is 1.57 bits per heavy atom. The normalized spacial score (nSPS) is 51.0. The summed E-state index contributed by atoms with van der Waals surface area (Å²) in [5.41, 5.74) is -0.765. The van der Waals surface area contributed by atoms with Crippen LogP contribution < -0.4 is 5.32 Å². The number of amides is 1. The lowest BCUT2D eigenvalue weighted by molar-refractivity contribution is -0.351. The van der Waals surface area contributed by atoms with Crippen LogP contribution in [-0.4, -0.2) is 30.4 Å². The quantitative estimate of drug-likeness (QED) is 0.710. The number of carbonyl (C=O) groups excluding carboxylic acids is 1. The first-order chi connectivity index (χ1) is 6.49. The molecule has 0 aromatic heterocycles. The van der Waals surface area contributed by atoms with Crippen molar-refractivity contribution in [2.45, 2.75) is 44.6 Å². The van der Waals surface area contributed by atoms with E-state index in [-0.39, 0.29) is 23.7 Å². The van der Waals surface area contributed by atoms with Crippen molar-refractivity contribution in [2.24, 2.45) is 5.92 Å². The molecule has 0 aliphatic carbocycles. The van der Waals surface area contributed by atoms with E-state index in [1.165, 1.54) is 0 Å². The Kier molecular flexibility index (Phi) is 1.92. The van der Waals surface area contributed by atoms with Crippen LogP contribution in [0.1, 0.15) is 27.2 Å². The number of ether oxygens (including phenoxy) is 2. The largest absolute Gasteiger partial charge is 0.353 e. The van der Waals surface area contributed by atoms with E-state index in [1.54, 1.807) is 7.11 Å². The molecule has 1 amide bonds. The zero-order chi connectivity index (χ0) is 10.6. The highest BCUT2D eigenvalue weighted by Gasteiger charge is 2.72. The number of fused-ring (bicyclic) bond motifs is 1. The van der Waals surface area contributed by atoms with Crippen LogP contribution in [0.15, 0.2) is 0 Å². The molecular weight excluding hydrogens is 182 g/mol. The summed E-state index contributed by atoms with van der Waals surface area (Å²) >= 11 is 0. The van der Waals surface area contributed by atoms with Gasteiger partial charge in [-0.1, -0.05) is 6.92 Å². The van der Waals surface area contributed by atoms with Gasteiger partial charge in [0.15, 0.2) is 6.29 Å². The Morgan fingerprint density at radius 3 is 2.71 bits per heavy atom. The summed E-state index contributed by atoms with van der Waals surface area (Å²) in [5.74, 6) is 0.0240. The van der Waals surface area contributed by atoms with Gasteiger partial charge < -0.3 is 14.8 Å². The Morgan fingerprint density at radius 2 is 2.21 bits per heavy atom. The molecule has 2 aliphatic rings. The summed E-state index contributed by atoms with van der Waals surface area (Å²) in [5, 5.41) is 2.98. The molecule has 4 heteroatoms. The summed E-state index contributed by atoms with van der Waals surface area (Å²) in [4.78, 5) is 11.7. The van der Waals surface area contributed by atoms with Crippen molar-refractivity contribution < 1.29 is 14.3 Å². The van der Waals surface area contributed by atoms with Crippen molar-refractivity contribution >= 4 is 5.91 Å². The molecule has 2 heterocycles. The molecule has 0 radical (unpaired) electrons. The highest BCUT2D eigenvalue weighted by atomic mass is 16.7. The predicted octanol–water partition coefficient (Wildman–Crippen LogP) is 0.662. The van der Waals surface area contributed by atoms with Crippen LogP contribution in [0.3, 0.4) is 0 Å². The fraction of sp³-hybridized carbons (Fsp3) is 0.900. The molecule has 2 saturated heterocycles. The van der Waals surface area contributed by atoms with Crippen LogP contribution in [0.4, 0.5) is 0 Å². The van der Waals surface area contributed by atoms with Crippen LogP contribution in [0.2, 0.25) is 0 Å². The lowest BCUT2D eigenvalue weighted by atomic mass is 9.71. The van der Waals surface area contributed by atoms with Crippen LogP contribution >= 0.6 is 0 Å². The first-order valence-corrected chi connectivity index (χ1v) is 5.02. The molecule has 0 bridgehead atoms. The Balaban J connectivity index is 2.30. The van der Waals surface area contributed by atoms with E-state index in [4.69, 9.17) is 9.47 Å². The van der Waals surface area contributed by atoms with Gasteiger partial charge in [0.1, 0.15) is 11.1 Å². The molecule has 1 unspecified atom stereocenters. The zero-order valence-corrected chi connectivity index (χ0v) is 9.09. The fourth-order valence-electron chi connectivity index (χ4n) is 2.72. The molecule has 2 fully saturated rings. The average molecular weight is 199 g/mol. The molecule has 4 atom stereocenters. The van der Waals surface area contributed by atoms with E-state index in [1.807, 2.05) is 20.8 Å². The molecule has 1 N–H and O–H groups in total. The van der Waals surface area contributed by atoms with Gasteiger partial charge in [-0.05, 0) is 20.3 Å². The smallest absolute Gasteiger partial charge is 0.226 e. The zero-order valence-electron chi connectivity index (χ0n) is 9.09. The molecule has 2 rings (SSSR count). The van der Waals surface area contributed by atoms with Gasteiger partial charge in [0.25, 0.3) is 0 Å². The molecule has 14 heavy (non-hydrogen) atoms. The van der Waals surface area contributed by atoms with Gasteiger partial charge in [0.2, 0.25) is 5.91 Å². The van der Waals surface area contributed by atoms with E-state index >= 15 is 0 Å². The maximum absolute atomic E-state index is 11.7. The van der Waals surface area contributed by atoms with Crippen molar-refractivity contribution in [3.8, 4) is 0 Å². The second-order valence-electron chi connectivity index (χ2n) is 4.44. The highest BCUT2D eigenvalue weighted by molar-refractivity contribution is 5.85. The lowest BCUT2D eigenvalue weighted by Crippen LogP contribution is -2.75. The Hall–Kier alpha value is -0.610. The Labute approximate surface area is 84.0 Å². The molecular formula is C10H17NO3. The summed E-state index contributed by atoms with van der Waals surface area (Å²) < 4.78 is 10.8. The summed E-state index contributed by atoms with van der Waals surface area (Å²) in [6.45, 7) is 5.97. The van der Waals surface area contributed by atoms with Gasteiger partial charge in [-0.2, -0.15) is 0 Å². The Bertz CT molecular complexity index is 279. The first-order valence-electron chi connectivity index (χ1n) is 5.02. The van der Waals surface area contributed by atoms with Gasteiger partial charge in [-0.25, -0.2) is 0 Å². The maximum atomic E-state index is 11.7. The average Bonchev–Trinajstić information content (AvgIpc) is 2.27. The van der Waals surface area contributed by atoms with Gasteiger partial charge >= 0.3 is 0 Å². The number of carbonyl (C=O) groups is 1. The van der Waals surface area contributed by atoms with Crippen molar-refractivity contribution in [2.75, 3.05) is 7.11 Å². The minimum atomic E-state index is -0.403. The van der Waals surface area contributed by atoms with Crippen LogP contribution in [0, 0.1) is 5.92 Å². The fourth-order valence-corrected chi connectivity index (χ4v) is 2.72. The van der Waals surface area contributed by atoms with Gasteiger partial charge in [0, 0.05) is 7.11 Å². The van der Waals surface area contributed by atoms with Crippen LogP contribution in [0.5, 0.6) is 0 Å². The van der Waals surface area contributed by atoms with Gasteiger partial charge in [0.05, 0.1) is 5.92 Å². The number of nitrogens with one attached hydrogen (secondary N) is 1. The van der Waals surface area contributed by atoms with E-state index in [2.05, 4.69) is 5.32 Å². The minimum Gasteiger partial charge on any atom is -0.353 e. The summed E-state index contributed by atoms with van der Waals surface area (Å²) in [6, 6.07) is 0. The second-order valence-corrected chi connectivity index (χ2v) is 4.44. The van der Waals surface area contributed by atoms with E-state index < -0.39 is 5.60 Å². The number of hydrogen-bond acceptors (Lipinski definition) is 3. The first kappa shape index (κ1) is 9.93. The number of methoxy groups -OCH3 is 1. The van der Waals surface area contributed by atoms with E-state index in [9.17, 15) is 4.79 Å². The third kappa shape index (κ3) is 0.834. The van der Waals surface area contributed by atoms with Crippen molar-refractivity contribution in [3.05, 3.63) is 0 Å². The monoisotopic (exact) mass is 199 g/mol. The summed E-state index contributed by atoms with van der Waals surface area (Å²) in [7, 11) is 1.60. The highest BCUT2D eigenvalue weighted by Crippen LogP contribution is 2.52. The standard InChI is InChI=1S/C10H17NO3/c1-5-6-7(12)11-9(2)8(13-4)14-10(6,9)3/h6,8H,5H2,1-4H3,(H,11,12)/t6-,8?,9-,10-/m0/s1. The maximum Gasteiger partial charge on any atom is 0.226 e.